The Hall–Kier alpha value is -1.88. The van der Waals surface area contributed by atoms with Gasteiger partial charge in [0, 0.05) is 0 Å². The van der Waals surface area contributed by atoms with Crippen molar-refractivity contribution < 1.29 is 19.8 Å². The van der Waals surface area contributed by atoms with Crippen LogP contribution in [-0.2, 0) is 16.0 Å². The fourth-order valence-electron chi connectivity index (χ4n) is 4.11. The number of amides is 1. The van der Waals surface area contributed by atoms with E-state index in [0.717, 1.165) is 37.7 Å². The van der Waals surface area contributed by atoms with Gasteiger partial charge in [0.2, 0.25) is 5.91 Å². The number of aliphatic carboxylic acids is 1. The minimum absolute atomic E-state index is 0.0904. The fourth-order valence-corrected chi connectivity index (χ4v) is 4.11. The van der Waals surface area contributed by atoms with Gasteiger partial charge in [-0.2, -0.15) is 0 Å². The van der Waals surface area contributed by atoms with Crippen molar-refractivity contribution in [1.29, 1.82) is 0 Å². The predicted molar refractivity (Wildman–Crippen MR) is 101 cm³/mol. The van der Waals surface area contributed by atoms with Gasteiger partial charge >= 0.3 is 5.97 Å². The molecule has 2 rings (SSSR count). The number of carboxylic acids is 1. The van der Waals surface area contributed by atoms with Crippen LogP contribution >= 0.6 is 0 Å². The molecule has 5 heteroatoms. The van der Waals surface area contributed by atoms with Crippen molar-refractivity contribution in [2.75, 3.05) is 6.61 Å². The van der Waals surface area contributed by atoms with Crippen LogP contribution in [0.3, 0.4) is 0 Å². The third-order valence-corrected chi connectivity index (χ3v) is 5.55. The quantitative estimate of drug-likeness (QED) is 0.597. The highest BCUT2D eigenvalue weighted by Crippen LogP contribution is 2.44. The molecule has 1 aliphatic carbocycles. The van der Waals surface area contributed by atoms with Crippen molar-refractivity contribution in [2.24, 2.45) is 11.3 Å². The third kappa shape index (κ3) is 5.31. The van der Waals surface area contributed by atoms with Crippen LogP contribution in [0.5, 0.6) is 0 Å². The molecule has 0 spiro atoms. The maximum absolute atomic E-state index is 13.1. The van der Waals surface area contributed by atoms with Gasteiger partial charge in [0.15, 0.2) is 0 Å². The van der Waals surface area contributed by atoms with Gasteiger partial charge in [-0.25, -0.2) is 0 Å². The normalized spacial score (nSPS) is 18.2. The van der Waals surface area contributed by atoms with Crippen LogP contribution in [0.2, 0.25) is 0 Å². The molecule has 144 valence electrons. The molecule has 1 fully saturated rings. The van der Waals surface area contributed by atoms with Crippen LogP contribution in [0, 0.1) is 11.3 Å². The molecular formula is C21H31NO4. The smallest absolute Gasteiger partial charge is 0.306 e. The molecule has 1 aliphatic rings. The first-order valence-corrected chi connectivity index (χ1v) is 9.69. The summed E-state index contributed by atoms with van der Waals surface area (Å²) in [6, 6.07) is 9.41. The topological polar surface area (TPSA) is 86.6 Å². The fraction of sp³-hybridized carbons (Fsp3) is 0.619. The number of rotatable bonds is 10. The Bertz CT molecular complexity index is 581. The van der Waals surface area contributed by atoms with Gasteiger partial charge in [0.25, 0.3) is 0 Å². The Morgan fingerprint density at radius 1 is 1.19 bits per heavy atom. The first-order chi connectivity index (χ1) is 12.5. The van der Waals surface area contributed by atoms with Crippen molar-refractivity contribution in [3.8, 4) is 0 Å². The Labute approximate surface area is 155 Å². The van der Waals surface area contributed by atoms with Crippen molar-refractivity contribution in [1.82, 2.24) is 5.32 Å². The number of hydrogen-bond donors (Lipinski definition) is 3. The average molecular weight is 361 g/mol. The van der Waals surface area contributed by atoms with E-state index in [1.807, 2.05) is 37.3 Å². The number of benzene rings is 1. The highest BCUT2D eigenvalue weighted by atomic mass is 16.4. The molecule has 1 amide bonds. The first kappa shape index (κ1) is 20.4. The third-order valence-electron chi connectivity index (χ3n) is 5.55. The second kappa shape index (κ2) is 9.72. The van der Waals surface area contributed by atoms with E-state index >= 15 is 0 Å². The molecule has 0 aromatic heterocycles. The SMILES string of the molecule is CCCC(CC1(C(=O)N[C@H](CO)Cc2ccccc2)CCCC1)C(=O)O. The molecule has 26 heavy (non-hydrogen) atoms. The van der Waals surface area contributed by atoms with Crippen molar-refractivity contribution in [2.45, 2.75) is 64.3 Å². The summed E-state index contributed by atoms with van der Waals surface area (Å²) >= 11 is 0. The number of nitrogens with one attached hydrogen (secondary N) is 1. The monoisotopic (exact) mass is 361 g/mol. The molecular weight excluding hydrogens is 330 g/mol. The lowest BCUT2D eigenvalue weighted by Crippen LogP contribution is -2.48. The number of aliphatic hydroxyl groups excluding tert-OH is 1. The molecule has 0 heterocycles. The number of aliphatic hydroxyl groups is 1. The number of carbonyl (C=O) groups is 2. The van der Waals surface area contributed by atoms with Gasteiger partial charge in [-0.15, -0.1) is 0 Å². The highest BCUT2D eigenvalue weighted by molar-refractivity contribution is 5.84. The zero-order valence-corrected chi connectivity index (χ0v) is 15.6. The van der Waals surface area contributed by atoms with E-state index in [9.17, 15) is 19.8 Å². The van der Waals surface area contributed by atoms with Gasteiger partial charge in [-0.1, -0.05) is 56.5 Å². The van der Waals surface area contributed by atoms with Gasteiger partial charge < -0.3 is 15.5 Å². The molecule has 0 aliphatic heterocycles. The van der Waals surface area contributed by atoms with Crippen LogP contribution in [-0.4, -0.2) is 34.7 Å². The molecule has 0 bridgehead atoms. The lowest BCUT2D eigenvalue weighted by atomic mass is 9.75. The summed E-state index contributed by atoms with van der Waals surface area (Å²) in [6.45, 7) is 1.84. The minimum Gasteiger partial charge on any atom is -0.481 e. The Balaban J connectivity index is 2.07. The number of hydrogen-bond acceptors (Lipinski definition) is 3. The molecule has 2 atom stereocenters. The van der Waals surface area contributed by atoms with Gasteiger partial charge in [-0.3, -0.25) is 9.59 Å². The molecule has 5 nitrogen and oxygen atoms in total. The van der Waals surface area contributed by atoms with Crippen LogP contribution in [0.15, 0.2) is 30.3 Å². The number of carbonyl (C=O) groups excluding carboxylic acids is 1. The van der Waals surface area contributed by atoms with Crippen LogP contribution < -0.4 is 5.32 Å². The van der Waals surface area contributed by atoms with E-state index in [1.165, 1.54) is 0 Å². The summed E-state index contributed by atoms with van der Waals surface area (Å²) in [7, 11) is 0. The highest BCUT2D eigenvalue weighted by Gasteiger charge is 2.44. The molecule has 1 saturated carbocycles. The summed E-state index contributed by atoms with van der Waals surface area (Å²) in [5.74, 6) is -1.38. The van der Waals surface area contributed by atoms with E-state index in [0.29, 0.717) is 19.3 Å². The van der Waals surface area contributed by atoms with Crippen LogP contribution in [0.25, 0.3) is 0 Å². The summed E-state index contributed by atoms with van der Waals surface area (Å²) in [5.41, 5.74) is 0.448. The first-order valence-electron chi connectivity index (χ1n) is 9.69. The van der Waals surface area contributed by atoms with Crippen molar-refractivity contribution in [3.63, 3.8) is 0 Å². The lowest BCUT2D eigenvalue weighted by Gasteiger charge is -2.32. The Morgan fingerprint density at radius 2 is 1.85 bits per heavy atom. The molecule has 1 unspecified atom stereocenters. The van der Waals surface area contributed by atoms with Crippen molar-refractivity contribution >= 4 is 11.9 Å². The van der Waals surface area contributed by atoms with Crippen LogP contribution in [0.1, 0.15) is 57.4 Å². The average Bonchev–Trinajstić information content (AvgIpc) is 3.11. The van der Waals surface area contributed by atoms with E-state index in [-0.39, 0.29) is 18.6 Å². The predicted octanol–water partition coefficient (Wildman–Crippen LogP) is 3.16. The van der Waals surface area contributed by atoms with Gasteiger partial charge in [-0.05, 0) is 37.7 Å². The molecule has 1 aromatic carbocycles. The summed E-state index contributed by atoms with van der Waals surface area (Å²) in [4.78, 5) is 24.7. The van der Waals surface area contributed by atoms with E-state index in [4.69, 9.17) is 0 Å². The minimum atomic E-state index is -0.811. The lowest BCUT2D eigenvalue weighted by molar-refractivity contribution is -0.144. The summed E-state index contributed by atoms with van der Waals surface area (Å²) in [5, 5.41) is 22.2. The molecule has 0 radical (unpaired) electrons. The van der Waals surface area contributed by atoms with E-state index in [1.54, 1.807) is 0 Å². The number of carboxylic acid groups (broad SMARTS) is 1. The van der Waals surface area contributed by atoms with Gasteiger partial charge in [0.1, 0.15) is 0 Å². The van der Waals surface area contributed by atoms with E-state index < -0.39 is 17.3 Å². The maximum atomic E-state index is 13.1. The second-order valence-corrected chi connectivity index (χ2v) is 7.56. The second-order valence-electron chi connectivity index (χ2n) is 7.56. The standard InChI is InChI=1S/C21H31NO4/c1-2-8-17(19(24)25)14-21(11-6-7-12-21)20(26)22-18(15-23)13-16-9-4-3-5-10-16/h3-5,9-10,17-18,23H,2,6-8,11-15H2,1H3,(H,22,26)(H,24,25)/t17?,18-/m0/s1. The zero-order chi connectivity index (χ0) is 19.0. The molecule has 1 aromatic rings. The zero-order valence-electron chi connectivity index (χ0n) is 15.6. The maximum Gasteiger partial charge on any atom is 0.306 e. The Kier molecular flexibility index (Phi) is 7.64. The Morgan fingerprint density at radius 3 is 2.38 bits per heavy atom. The summed E-state index contributed by atoms with van der Waals surface area (Å²) in [6.07, 6.45) is 5.72. The van der Waals surface area contributed by atoms with Gasteiger partial charge in [0.05, 0.1) is 24.0 Å². The van der Waals surface area contributed by atoms with E-state index in [2.05, 4.69) is 5.32 Å². The van der Waals surface area contributed by atoms with Crippen LogP contribution in [0.4, 0.5) is 0 Å². The largest absolute Gasteiger partial charge is 0.481 e. The molecule has 3 N–H and O–H groups in total. The summed E-state index contributed by atoms with van der Waals surface area (Å²) < 4.78 is 0. The molecule has 0 saturated heterocycles. The van der Waals surface area contributed by atoms with Crippen molar-refractivity contribution in [3.05, 3.63) is 35.9 Å².